The van der Waals surface area contributed by atoms with Crippen molar-refractivity contribution in [2.24, 2.45) is 0 Å². The van der Waals surface area contributed by atoms with E-state index in [1.165, 1.54) is 5.56 Å². The molecule has 0 saturated heterocycles. The van der Waals surface area contributed by atoms with E-state index in [-0.39, 0.29) is 0 Å². The largest absolute Gasteiger partial charge is 0.489 e. The van der Waals surface area contributed by atoms with Gasteiger partial charge in [0.05, 0.1) is 0 Å². The molecule has 0 aliphatic heterocycles. The first kappa shape index (κ1) is 17.4. The Balaban J connectivity index is 1.64. The van der Waals surface area contributed by atoms with E-state index in [1.807, 2.05) is 60.7 Å². The summed E-state index contributed by atoms with van der Waals surface area (Å²) in [5, 5.41) is 0.711. The van der Waals surface area contributed by atoms with Crippen molar-refractivity contribution in [2.75, 3.05) is 0 Å². The SMILES string of the molecule is CC(C)c1ccc(Oc2cccc(OCc3cccc(Cl)c3)c2)cc1. The Kier molecular flexibility index (Phi) is 5.62. The standard InChI is InChI=1S/C22H21ClO2/c1-16(2)18-9-11-20(12-10-18)25-22-8-4-7-21(14-22)24-15-17-5-3-6-19(23)13-17/h3-14,16H,15H2,1-2H3. The number of hydrogen-bond acceptors (Lipinski definition) is 2. The van der Waals surface area contributed by atoms with Gasteiger partial charge < -0.3 is 9.47 Å². The summed E-state index contributed by atoms with van der Waals surface area (Å²) in [6.07, 6.45) is 0. The number of benzene rings is 3. The Labute approximate surface area is 154 Å². The monoisotopic (exact) mass is 352 g/mol. The van der Waals surface area contributed by atoms with Gasteiger partial charge in [-0.2, -0.15) is 0 Å². The first-order chi connectivity index (χ1) is 12.1. The van der Waals surface area contributed by atoms with Crippen molar-refractivity contribution in [2.45, 2.75) is 26.4 Å². The topological polar surface area (TPSA) is 18.5 Å². The van der Waals surface area contributed by atoms with Gasteiger partial charge in [0.1, 0.15) is 23.9 Å². The van der Waals surface area contributed by atoms with Gasteiger partial charge in [0, 0.05) is 11.1 Å². The van der Waals surface area contributed by atoms with Gasteiger partial charge >= 0.3 is 0 Å². The van der Waals surface area contributed by atoms with Gasteiger partial charge in [-0.3, -0.25) is 0 Å². The number of hydrogen-bond donors (Lipinski definition) is 0. The highest BCUT2D eigenvalue weighted by Gasteiger charge is 2.03. The number of rotatable bonds is 6. The molecule has 0 saturated carbocycles. The normalized spacial score (nSPS) is 10.7. The van der Waals surface area contributed by atoms with Crippen molar-refractivity contribution < 1.29 is 9.47 Å². The fourth-order valence-electron chi connectivity index (χ4n) is 2.48. The van der Waals surface area contributed by atoms with Crippen LogP contribution in [0.15, 0.2) is 72.8 Å². The molecule has 3 aromatic rings. The minimum atomic E-state index is 0.465. The zero-order chi connectivity index (χ0) is 17.6. The smallest absolute Gasteiger partial charge is 0.131 e. The van der Waals surface area contributed by atoms with Crippen LogP contribution in [-0.2, 0) is 6.61 Å². The van der Waals surface area contributed by atoms with Gasteiger partial charge in [-0.1, -0.05) is 55.8 Å². The van der Waals surface area contributed by atoms with Crippen molar-refractivity contribution in [1.82, 2.24) is 0 Å². The third kappa shape index (κ3) is 5.01. The molecule has 2 nitrogen and oxygen atoms in total. The number of ether oxygens (including phenoxy) is 2. The minimum Gasteiger partial charge on any atom is -0.489 e. The van der Waals surface area contributed by atoms with Gasteiger partial charge in [-0.25, -0.2) is 0 Å². The molecule has 0 aliphatic rings. The molecule has 0 amide bonds. The van der Waals surface area contributed by atoms with Crippen molar-refractivity contribution in [3.05, 3.63) is 88.9 Å². The fourth-order valence-corrected chi connectivity index (χ4v) is 2.69. The summed E-state index contributed by atoms with van der Waals surface area (Å²) in [4.78, 5) is 0. The minimum absolute atomic E-state index is 0.465. The highest BCUT2D eigenvalue weighted by Crippen LogP contribution is 2.27. The zero-order valence-electron chi connectivity index (χ0n) is 14.4. The van der Waals surface area contributed by atoms with E-state index in [0.29, 0.717) is 17.5 Å². The van der Waals surface area contributed by atoms with Crippen LogP contribution < -0.4 is 9.47 Å². The first-order valence-electron chi connectivity index (χ1n) is 8.35. The maximum atomic E-state index is 6.00. The molecule has 3 aromatic carbocycles. The molecule has 3 heteroatoms. The lowest BCUT2D eigenvalue weighted by atomic mass is 10.0. The highest BCUT2D eigenvalue weighted by atomic mass is 35.5. The maximum absolute atomic E-state index is 6.00. The lowest BCUT2D eigenvalue weighted by molar-refractivity contribution is 0.304. The van der Waals surface area contributed by atoms with Crippen molar-refractivity contribution in [3.8, 4) is 17.2 Å². The van der Waals surface area contributed by atoms with Crippen LogP contribution in [0.2, 0.25) is 5.02 Å². The zero-order valence-corrected chi connectivity index (χ0v) is 15.2. The molecular weight excluding hydrogens is 332 g/mol. The average Bonchev–Trinajstić information content (AvgIpc) is 2.61. The lowest BCUT2D eigenvalue weighted by Crippen LogP contribution is -1.95. The van der Waals surface area contributed by atoms with E-state index in [2.05, 4.69) is 26.0 Å². The lowest BCUT2D eigenvalue weighted by Gasteiger charge is -2.11. The van der Waals surface area contributed by atoms with Crippen LogP contribution in [0.5, 0.6) is 17.2 Å². The molecule has 3 rings (SSSR count). The molecule has 0 heterocycles. The highest BCUT2D eigenvalue weighted by molar-refractivity contribution is 6.30. The molecule has 0 N–H and O–H groups in total. The Morgan fingerprint density at radius 3 is 2.24 bits per heavy atom. The molecule has 0 unspecified atom stereocenters. The van der Waals surface area contributed by atoms with E-state index < -0.39 is 0 Å². The Morgan fingerprint density at radius 1 is 0.800 bits per heavy atom. The molecule has 0 aromatic heterocycles. The summed E-state index contributed by atoms with van der Waals surface area (Å²) in [6.45, 7) is 4.82. The summed E-state index contributed by atoms with van der Waals surface area (Å²) in [5.74, 6) is 2.84. The quantitative estimate of drug-likeness (QED) is 0.483. The summed E-state index contributed by atoms with van der Waals surface area (Å²) in [7, 11) is 0. The molecular formula is C22H21ClO2. The van der Waals surface area contributed by atoms with Crippen LogP contribution in [0.3, 0.4) is 0 Å². The van der Waals surface area contributed by atoms with Crippen LogP contribution in [0.25, 0.3) is 0 Å². The molecule has 0 spiro atoms. The predicted molar refractivity (Wildman–Crippen MR) is 103 cm³/mol. The van der Waals surface area contributed by atoms with Gasteiger partial charge in [-0.15, -0.1) is 0 Å². The summed E-state index contributed by atoms with van der Waals surface area (Å²) in [5.41, 5.74) is 2.33. The van der Waals surface area contributed by atoms with Crippen LogP contribution in [0.4, 0.5) is 0 Å². The Hall–Kier alpha value is -2.45. The molecule has 0 aliphatic carbocycles. The Bertz CT molecular complexity index is 825. The maximum Gasteiger partial charge on any atom is 0.131 e. The van der Waals surface area contributed by atoms with E-state index in [1.54, 1.807) is 0 Å². The number of halogens is 1. The van der Waals surface area contributed by atoms with E-state index in [0.717, 1.165) is 22.8 Å². The van der Waals surface area contributed by atoms with E-state index in [4.69, 9.17) is 21.1 Å². The predicted octanol–water partition coefficient (Wildman–Crippen LogP) is 6.83. The van der Waals surface area contributed by atoms with E-state index in [9.17, 15) is 0 Å². The molecule has 0 radical (unpaired) electrons. The second-order valence-corrected chi connectivity index (χ2v) is 6.66. The van der Waals surface area contributed by atoms with Crippen LogP contribution in [0.1, 0.15) is 30.9 Å². The first-order valence-corrected chi connectivity index (χ1v) is 8.73. The molecule has 25 heavy (non-hydrogen) atoms. The van der Waals surface area contributed by atoms with Gasteiger partial charge in [0.25, 0.3) is 0 Å². The van der Waals surface area contributed by atoms with Crippen molar-refractivity contribution in [3.63, 3.8) is 0 Å². The average molecular weight is 353 g/mol. The molecule has 0 bridgehead atoms. The summed E-state index contributed by atoms with van der Waals surface area (Å²) < 4.78 is 11.8. The third-order valence-corrected chi connectivity index (χ3v) is 4.12. The fraction of sp³-hybridized carbons (Fsp3) is 0.182. The molecule has 128 valence electrons. The van der Waals surface area contributed by atoms with Gasteiger partial charge in [0.2, 0.25) is 0 Å². The van der Waals surface area contributed by atoms with Gasteiger partial charge in [-0.05, 0) is 53.4 Å². The van der Waals surface area contributed by atoms with Crippen LogP contribution in [-0.4, -0.2) is 0 Å². The Morgan fingerprint density at radius 2 is 1.52 bits per heavy atom. The third-order valence-electron chi connectivity index (χ3n) is 3.88. The summed E-state index contributed by atoms with van der Waals surface area (Å²) in [6, 6.07) is 23.5. The second-order valence-electron chi connectivity index (χ2n) is 6.22. The summed E-state index contributed by atoms with van der Waals surface area (Å²) >= 11 is 6.00. The van der Waals surface area contributed by atoms with Crippen LogP contribution in [0, 0.1) is 0 Å². The van der Waals surface area contributed by atoms with Gasteiger partial charge in [0.15, 0.2) is 0 Å². The van der Waals surface area contributed by atoms with E-state index >= 15 is 0 Å². The molecule has 0 atom stereocenters. The van der Waals surface area contributed by atoms with Crippen molar-refractivity contribution >= 4 is 11.6 Å². The molecule has 0 fully saturated rings. The van der Waals surface area contributed by atoms with Crippen molar-refractivity contribution in [1.29, 1.82) is 0 Å². The second kappa shape index (κ2) is 8.09. The van der Waals surface area contributed by atoms with Crippen LogP contribution >= 0.6 is 11.6 Å².